The maximum Gasteiger partial charge on any atom is 0.0366 e. The second-order valence-electron chi connectivity index (χ2n) is 5.93. The van der Waals surface area contributed by atoms with Crippen LogP contribution in [0.15, 0.2) is 36.9 Å². The van der Waals surface area contributed by atoms with Gasteiger partial charge in [-0.3, -0.25) is 4.90 Å². The summed E-state index contributed by atoms with van der Waals surface area (Å²) in [4.78, 5) is 5.01. The first-order valence-electron chi connectivity index (χ1n) is 8.70. The van der Waals surface area contributed by atoms with Gasteiger partial charge < -0.3 is 10.2 Å². The van der Waals surface area contributed by atoms with E-state index in [0.29, 0.717) is 6.04 Å². The van der Waals surface area contributed by atoms with E-state index >= 15 is 0 Å². The Labute approximate surface area is 136 Å². The Balaban J connectivity index is 2.13. The number of piperazine rings is 1. The number of nitrogens with one attached hydrogen (secondary N) is 1. The van der Waals surface area contributed by atoms with E-state index in [1.165, 1.54) is 11.3 Å². The minimum Gasteiger partial charge on any atom is -0.372 e. The topological polar surface area (TPSA) is 18.5 Å². The van der Waals surface area contributed by atoms with Gasteiger partial charge in [0, 0.05) is 51.0 Å². The van der Waals surface area contributed by atoms with E-state index in [1.54, 1.807) is 0 Å². The summed E-state index contributed by atoms with van der Waals surface area (Å²) >= 11 is 0. The second kappa shape index (κ2) is 8.96. The van der Waals surface area contributed by atoms with E-state index < -0.39 is 0 Å². The first-order valence-corrected chi connectivity index (χ1v) is 8.70. The van der Waals surface area contributed by atoms with Gasteiger partial charge in [0.25, 0.3) is 0 Å². The van der Waals surface area contributed by atoms with Gasteiger partial charge in [-0.05, 0) is 44.4 Å². The Morgan fingerprint density at radius 2 is 1.82 bits per heavy atom. The molecule has 22 heavy (non-hydrogen) atoms. The van der Waals surface area contributed by atoms with Crippen molar-refractivity contribution in [1.82, 2.24) is 10.2 Å². The van der Waals surface area contributed by atoms with Crippen LogP contribution in [0, 0.1) is 0 Å². The number of benzene rings is 1. The van der Waals surface area contributed by atoms with E-state index in [2.05, 4.69) is 59.8 Å². The average Bonchev–Trinajstić information content (AvgIpc) is 2.58. The standard InChI is InChI=1S/C19H31N3/c1-4-7-8-19(22-15-13-20-14-16-22)17-9-11-18(12-10-17)21(5-2)6-3/h4,9-12,19-20H,1,5-8,13-16H2,2-3H3/t19-/m0/s1. The number of allylic oxidation sites excluding steroid dienone is 1. The Hall–Kier alpha value is -1.32. The van der Waals surface area contributed by atoms with Crippen LogP contribution in [0.4, 0.5) is 5.69 Å². The summed E-state index contributed by atoms with van der Waals surface area (Å²) in [5.74, 6) is 0. The number of hydrogen-bond donors (Lipinski definition) is 1. The van der Waals surface area contributed by atoms with Gasteiger partial charge in [0.1, 0.15) is 0 Å². The average molecular weight is 301 g/mol. The summed E-state index contributed by atoms with van der Waals surface area (Å²) in [7, 11) is 0. The van der Waals surface area contributed by atoms with E-state index in [9.17, 15) is 0 Å². The second-order valence-corrected chi connectivity index (χ2v) is 5.93. The molecule has 1 aromatic rings. The lowest BCUT2D eigenvalue weighted by Gasteiger charge is -2.35. The monoisotopic (exact) mass is 301 g/mol. The fourth-order valence-corrected chi connectivity index (χ4v) is 3.33. The molecule has 3 heteroatoms. The van der Waals surface area contributed by atoms with Crippen LogP contribution in [0.1, 0.15) is 38.3 Å². The first-order chi connectivity index (χ1) is 10.8. The predicted molar refractivity (Wildman–Crippen MR) is 96.6 cm³/mol. The molecule has 3 nitrogen and oxygen atoms in total. The van der Waals surface area contributed by atoms with Gasteiger partial charge in [-0.15, -0.1) is 6.58 Å². The third-order valence-corrected chi connectivity index (χ3v) is 4.64. The lowest BCUT2D eigenvalue weighted by atomic mass is 9.99. The van der Waals surface area contributed by atoms with Gasteiger partial charge >= 0.3 is 0 Å². The van der Waals surface area contributed by atoms with Crippen LogP contribution in [0.3, 0.4) is 0 Å². The van der Waals surface area contributed by atoms with Crippen LogP contribution in [0.5, 0.6) is 0 Å². The highest BCUT2D eigenvalue weighted by Gasteiger charge is 2.21. The van der Waals surface area contributed by atoms with E-state index in [0.717, 1.165) is 52.1 Å². The van der Waals surface area contributed by atoms with Crippen molar-refractivity contribution in [3.05, 3.63) is 42.5 Å². The molecule has 1 aromatic carbocycles. The lowest BCUT2D eigenvalue weighted by Crippen LogP contribution is -2.45. The molecule has 1 N–H and O–H groups in total. The molecule has 0 saturated carbocycles. The third kappa shape index (κ3) is 4.34. The van der Waals surface area contributed by atoms with E-state index in [-0.39, 0.29) is 0 Å². The maximum absolute atomic E-state index is 3.89. The zero-order valence-corrected chi connectivity index (χ0v) is 14.2. The van der Waals surface area contributed by atoms with Crippen molar-refractivity contribution in [2.45, 2.75) is 32.7 Å². The van der Waals surface area contributed by atoms with Crippen LogP contribution in [-0.2, 0) is 0 Å². The molecule has 0 bridgehead atoms. The highest BCUT2D eigenvalue weighted by Crippen LogP contribution is 2.28. The van der Waals surface area contributed by atoms with Crippen molar-refractivity contribution in [2.75, 3.05) is 44.2 Å². The molecule has 122 valence electrons. The summed E-state index contributed by atoms with van der Waals surface area (Å²) in [5.41, 5.74) is 2.77. The van der Waals surface area contributed by atoms with Crippen molar-refractivity contribution in [3.63, 3.8) is 0 Å². The molecule has 0 radical (unpaired) electrons. The van der Waals surface area contributed by atoms with Gasteiger partial charge in [-0.2, -0.15) is 0 Å². The Morgan fingerprint density at radius 3 is 2.36 bits per heavy atom. The van der Waals surface area contributed by atoms with Gasteiger partial charge in [0.2, 0.25) is 0 Å². The van der Waals surface area contributed by atoms with Gasteiger partial charge in [-0.1, -0.05) is 18.2 Å². The van der Waals surface area contributed by atoms with E-state index in [4.69, 9.17) is 0 Å². The fourth-order valence-electron chi connectivity index (χ4n) is 3.33. The summed E-state index contributed by atoms with van der Waals surface area (Å²) in [6.07, 6.45) is 4.28. The third-order valence-electron chi connectivity index (χ3n) is 4.64. The summed E-state index contributed by atoms with van der Waals surface area (Å²) in [6.45, 7) is 14.9. The Kier molecular flexibility index (Phi) is 6.94. The number of nitrogens with zero attached hydrogens (tertiary/aromatic N) is 2. The summed E-state index contributed by atoms with van der Waals surface area (Å²) in [6, 6.07) is 9.73. The van der Waals surface area contributed by atoms with Crippen LogP contribution in [0.25, 0.3) is 0 Å². The first kappa shape index (κ1) is 17.0. The minimum absolute atomic E-state index is 0.519. The smallest absolute Gasteiger partial charge is 0.0366 e. The molecule has 0 spiro atoms. The molecule has 0 unspecified atom stereocenters. The Bertz CT molecular complexity index is 430. The molecule has 2 rings (SSSR count). The molecule has 1 saturated heterocycles. The molecule has 1 fully saturated rings. The highest BCUT2D eigenvalue weighted by molar-refractivity contribution is 5.47. The zero-order valence-electron chi connectivity index (χ0n) is 14.2. The normalized spacial score (nSPS) is 17.2. The quantitative estimate of drug-likeness (QED) is 0.742. The number of rotatable bonds is 8. The largest absolute Gasteiger partial charge is 0.372 e. The summed E-state index contributed by atoms with van der Waals surface area (Å²) < 4.78 is 0. The molecule has 0 amide bonds. The molecular formula is C19H31N3. The van der Waals surface area contributed by atoms with Crippen molar-refractivity contribution < 1.29 is 0 Å². The fraction of sp³-hybridized carbons (Fsp3) is 0.579. The molecular weight excluding hydrogens is 270 g/mol. The summed E-state index contributed by atoms with van der Waals surface area (Å²) in [5, 5.41) is 3.45. The number of anilines is 1. The molecule has 1 aliphatic heterocycles. The number of hydrogen-bond acceptors (Lipinski definition) is 3. The molecule has 1 aliphatic rings. The van der Waals surface area contributed by atoms with Gasteiger partial charge in [0.15, 0.2) is 0 Å². The minimum atomic E-state index is 0.519. The van der Waals surface area contributed by atoms with Crippen molar-refractivity contribution >= 4 is 5.69 Å². The van der Waals surface area contributed by atoms with Crippen LogP contribution >= 0.6 is 0 Å². The highest BCUT2D eigenvalue weighted by atomic mass is 15.2. The lowest BCUT2D eigenvalue weighted by molar-refractivity contribution is 0.166. The van der Waals surface area contributed by atoms with E-state index in [1.807, 2.05) is 6.08 Å². The van der Waals surface area contributed by atoms with Gasteiger partial charge in [0.05, 0.1) is 0 Å². The predicted octanol–water partition coefficient (Wildman–Crippen LogP) is 3.45. The Morgan fingerprint density at radius 1 is 1.18 bits per heavy atom. The van der Waals surface area contributed by atoms with Crippen molar-refractivity contribution in [3.8, 4) is 0 Å². The van der Waals surface area contributed by atoms with Crippen molar-refractivity contribution in [2.24, 2.45) is 0 Å². The van der Waals surface area contributed by atoms with Gasteiger partial charge in [-0.25, -0.2) is 0 Å². The molecule has 0 aliphatic carbocycles. The molecule has 1 atom stereocenters. The molecule has 0 aromatic heterocycles. The maximum atomic E-state index is 3.89. The molecule has 1 heterocycles. The zero-order chi connectivity index (χ0) is 15.8. The SMILES string of the molecule is C=CCC[C@@H](c1ccc(N(CC)CC)cc1)N1CCNCC1. The van der Waals surface area contributed by atoms with Crippen LogP contribution < -0.4 is 10.2 Å². The van der Waals surface area contributed by atoms with Crippen LogP contribution in [-0.4, -0.2) is 44.2 Å². The van der Waals surface area contributed by atoms with Crippen LogP contribution in [0.2, 0.25) is 0 Å². The van der Waals surface area contributed by atoms with Crippen molar-refractivity contribution in [1.29, 1.82) is 0 Å².